The second-order valence-corrected chi connectivity index (χ2v) is 15.7. The van der Waals surface area contributed by atoms with Crippen molar-refractivity contribution in [3.05, 3.63) is 154 Å². The van der Waals surface area contributed by atoms with E-state index >= 15 is 0 Å². The van der Waals surface area contributed by atoms with Crippen LogP contribution in [0.25, 0.3) is 22.9 Å². The van der Waals surface area contributed by atoms with Gasteiger partial charge in [0, 0.05) is 29.1 Å². The summed E-state index contributed by atoms with van der Waals surface area (Å²) >= 11 is 2.89. The Labute approximate surface area is 361 Å². The number of benzene rings is 4. The van der Waals surface area contributed by atoms with E-state index in [0.717, 1.165) is 77.3 Å². The third-order valence-corrected chi connectivity index (χ3v) is 11.1. The highest BCUT2D eigenvalue weighted by Gasteiger charge is 2.14. The van der Waals surface area contributed by atoms with Crippen molar-refractivity contribution in [3.63, 3.8) is 0 Å². The summed E-state index contributed by atoms with van der Waals surface area (Å²) in [5.41, 5.74) is 13.6. The molecule has 0 atom stereocenters. The third-order valence-electron chi connectivity index (χ3n) is 9.15. The molecule has 0 aliphatic carbocycles. The van der Waals surface area contributed by atoms with Gasteiger partial charge >= 0.3 is 5.97 Å². The SMILES string of the molecule is C.CCc1ccc(-c2nc(CSCC(=O)CCCc3ccc(F)cc3)c(C)o2)cc1.CCc1ccc(-c2nc(CSCC(=O)O)c(C)o2)cc1.NCCc1ccc(F)cc1. The van der Waals surface area contributed by atoms with Crippen LogP contribution >= 0.6 is 23.5 Å². The molecule has 0 spiro atoms. The van der Waals surface area contributed by atoms with Gasteiger partial charge in [-0.3, -0.25) is 9.59 Å². The number of oxazole rings is 2. The van der Waals surface area contributed by atoms with Crippen molar-refractivity contribution in [1.29, 1.82) is 0 Å². The zero-order valence-electron chi connectivity index (χ0n) is 34.1. The maximum absolute atomic E-state index is 12.9. The second kappa shape index (κ2) is 26.2. The van der Waals surface area contributed by atoms with Crippen molar-refractivity contribution < 1.29 is 32.3 Å². The van der Waals surface area contributed by atoms with Gasteiger partial charge in [-0.2, -0.15) is 0 Å². The number of hydrogen-bond donors (Lipinski definition) is 2. The number of aliphatic carboxylic acids is 1. The van der Waals surface area contributed by atoms with Crippen molar-refractivity contribution in [1.82, 2.24) is 9.97 Å². The molecule has 2 heterocycles. The Morgan fingerprint density at radius 3 is 1.43 bits per heavy atom. The molecule has 4 aromatic carbocycles. The van der Waals surface area contributed by atoms with Crippen LogP contribution in [0.5, 0.6) is 0 Å². The van der Waals surface area contributed by atoms with Crippen LogP contribution in [-0.4, -0.2) is 44.9 Å². The number of halogens is 2. The number of ketones is 1. The Bertz CT molecular complexity index is 2170. The van der Waals surface area contributed by atoms with E-state index < -0.39 is 5.97 Å². The molecule has 6 aromatic rings. The van der Waals surface area contributed by atoms with Gasteiger partial charge in [0.25, 0.3) is 0 Å². The van der Waals surface area contributed by atoms with Gasteiger partial charge in [0.15, 0.2) is 0 Å². The van der Waals surface area contributed by atoms with Crippen LogP contribution in [0, 0.1) is 25.5 Å². The minimum absolute atomic E-state index is 0. The summed E-state index contributed by atoms with van der Waals surface area (Å²) < 4.78 is 36.7. The summed E-state index contributed by atoms with van der Waals surface area (Å²) in [5.74, 6) is 3.52. The van der Waals surface area contributed by atoms with E-state index in [2.05, 4.69) is 48.1 Å². The highest BCUT2D eigenvalue weighted by molar-refractivity contribution is 7.99. The number of hydrogen-bond acceptors (Lipinski definition) is 9. The Morgan fingerprint density at radius 1 is 0.633 bits per heavy atom. The molecule has 0 amide bonds. The van der Waals surface area contributed by atoms with E-state index in [0.29, 0.717) is 42.0 Å². The predicted molar refractivity (Wildman–Crippen MR) is 242 cm³/mol. The first-order chi connectivity index (χ1) is 28.5. The highest BCUT2D eigenvalue weighted by atomic mass is 32.2. The minimum atomic E-state index is -0.813. The lowest BCUT2D eigenvalue weighted by molar-refractivity contribution is -0.133. The maximum Gasteiger partial charge on any atom is 0.313 e. The normalized spacial score (nSPS) is 10.5. The Kier molecular flexibility index (Phi) is 21.6. The fourth-order valence-electron chi connectivity index (χ4n) is 5.66. The van der Waals surface area contributed by atoms with Crippen LogP contribution < -0.4 is 5.73 Å². The molecule has 320 valence electrons. The lowest BCUT2D eigenvalue weighted by Gasteiger charge is -2.02. The topological polar surface area (TPSA) is 132 Å². The molecule has 60 heavy (non-hydrogen) atoms. The Balaban J connectivity index is 0.000000267. The first kappa shape index (κ1) is 49.3. The lowest BCUT2D eigenvalue weighted by atomic mass is 10.1. The Hall–Kier alpha value is -5.04. The van der Waals surface area contributed by atoms with Crippen LogP contribution in [0.1, 0.15) is 79.3 Å². The summed E-state index contributed by atoms with van der Waals surface area (Å²) in [6.45, 7) is 8.63. The largest absolute Gasteiger partial charge is 0.481 e. The van der Waals surface area contributed by atoms with Crippen LogP contribution in [0.4, 0.5) is 8.78 Å². The standard InChI is InChI=1S/C24H26FNO2S.C15H17NO3S.C8H10FN.CH4/c1-3-18-7-11-20(12-8-18)24-26-23(17(2)28-24)16-29-15-22(27)6-4-5-19-9-13-21(25)14-10-19;1-3-11-4-6-12(7-5-11)15-16-13(10(2)19-15)8-20-9-14(17)18;9-8-3-1-7(2-4-8)5-6-10;/h7-14H,3-6,15-16H2,1-2H3;4-7H,3,8-9H2,1-2H3,(H,17,18);1-4H,5-6,10H2;1H4. The van der Waals surface area contributed by atoms with Crippen molar-refractivity contribution in [2.24, 2.45) is 5.73 Å². The predicted octanol–water partition coefficient (Wildman–Crippen LogP) is 11.7. The Morgan fingerprint density at radius 2 is 1.03 bits per heavy atom. The molecule has 0 saturated heterocycles. The van der Waals surface area contributed by atoms with E-state index in [9.17, 15) is 18.4 Å². The fourth-order valence-corrected chi connectivity index (χ4v) is 7.34. The number of nitrogens with two attached hydrogens (primary N) is 1. The molecule has 12 heteroatoms. The number of carboxylic acids is 1. The number of thioether (sulfide) groups is 2. The number of rotatable bonds is 18. The van der Waals surface area contributed by atoms with Crippen molar-refractivity contribution in [2.45, 2.75) is 85.2 Å². The van der Waals surface area contributed by atoms with Crippen molar-refractivity contribution in [2.75, 3.05) is 18.1 Å². The van der Waals surface area contributed by atoms with Gasteiger partial charge in [-0.15, -0.1) is 23.5 Å². The molecule has 3 N–H and O–H groups in total. The van der Waals surface area contributed by atoms with Gasteiger partial charge in [0.05, 0.1) is 22.9 Å². The molecule has 0 fully saturated rings. The number of nitrogens with zero attached hydrogens (tertiary/aromatic N) is 2. The molecule has 0 aliphatic heterocycles. The van der Waals surface area contributed by atoms with Gasteiger partial charge in [0.1, 0.15) is 28.9 Å². The average molecular weight is 858 g/mol. The first-order valence-electron chi connectivity index (χ1n) is 19.7. The van der Waals surface area contributed by atoms with E-state index in [1.54, 1.807) is 36.0 Å². The van der Waals surface area contributed by atoms with E-state index in [-0.39, 0.29) is 30.6 Å². The van der Waals surface area contributed by atoms with Crippen LogP contribution in [0.15, 0.2) is 106 Å². The third kappa shape index (κ3) is 16.9. The first-order valence-corrected chi connectivity index (χ1v) is 22.0. The average Bonchev–Trinajstić information content (AvgIpc) is 3.80. The van der Waals surface area contributed by atoms with Crippen molar-refractivity contribution in [3.8, 4) is 22.9 Å². The number of carbonyl (C=O) groups excluding carboxylic acids is 1. The maximum atomic E-state index is 12.9. The van der Waals surface area contributed by atoms with Gasteiger partial charge < -0.3 is 19.7 Å². The smallest absolute Gasteiger partial charge is 0.313 e. The molecule has 0 aliphatic rings. The summed E-state index contributed by atoms with van der Waals surface area (Å²) in [6.07, 6.45) is 4.94. The molecule has 0 radical (unpaired) electrons. The van der Waals surface area contributed by atoms with Crippen molar-refractivity contribution >= 4 is 35.3 Å². The van der Waals surface area contributed by atoms with E-state index in [4.69, 9.17) is 19.7 Å². The molecular weight excluding hydrogens is 801 g/mol. The molecule has 0 unspecified atom stereocenters. The van der Waals surface area contributed by atoms with Gasteiger partial charge in [-0.1, -0.05) is 69.8 Å². The highest BCUT2D eigenvalue weighted by Crippen LogP contribution is 2.26. The molecule has 8 nitrogen and oxygen atoms in total. The van der Waals surface area contributed by atoms with E-state index in [1.807, 2.05) is 38.1 Å². The van der Waals surface area contributed by atoms with Gasteiger partial charge in [-0.25, -0.2) is 18.7 Å². The summed E-state index contributed by atoms with van der Waals surface area (Å²) in [7, 11) is 0. The van der Waals surface area contributed by atoms with Gasteiger partial charge in [-0.05, 0) is 123 Å². The fraction of sp³-hybridized carbons (Fsp3) is 0.333. The number of aryl methyl sites for hydroxylation is 5. The van der Waals surface area contributed by atoms with Crippen LogP contribution in [0.3, 0.4) is 0 Å². The quantitative estimate of drug-likeness (QED) is 0.0861. The van der Waals surface area contributed by atoms with Gasteiger partial charge in [0.2, 0.25) is 11.8 Å². The van der Waals surface area contributed by atoms with Crippen LogP contribution in [-0.2, 0) is 46.8 Å². The van der Waals surface area contributed by atoms with E-state index in [1.165, 1.54) is 47.2 Å². The number of aromatic nitrogens is 2. The minimum Gasteiger partial charge on any atom is -0.481 e. The molecule has 6 rings (SSSR count). The zero-order valence-corrected chi connectivity index (χ0v) is 35.8. The molecule has 0 saturated carbocycles. The molecule has 0 bridgehead atoms. The summed E-state index contributed by atoms with van der Waals surface area (Å²) in [5, 5.41) is 8.63. The number of carbonyl (C=O) groups is 2. The monoisotopic (exact) mass is 857 g/mol. The van der Waals surface area contributed by atoms with Crippen LogP contribution in [0.2, 0.25) is 0 Å². The summed E-state index contributed by atoms with van der Waals surface area (Å²) in [4.78, 5) is 31.7. The molecular formula is C48H57F2N3O5S2. The lowest BCUT2D eigenvalue weighted by Crippen LogP contribution is -2.02. The number of Topliss-reactive ketones (excluding diaryl/α,β-unsaturated/α-hetero) is 1. The molecule has 2 aromatic heterocycles. The summed E-state index contributed by atoms with van der Waals surface area (Å²) in [6, 6.07) is 29.2. The second-order valence-electron chi connectivity index (χ2n) is 13.7. The number of carboxylic acid groups (broad SMARTS) is 1. The zero-order chi connectivity index (χ0) is 42.6.